The second kappa shape index (κ2) is 10.5. The fraction of sp³-hybridized carbons (Fsp3) is 0.286. The van der Waals surface area contributed by atoms with Crippen LogP contribution < -0.4 is 10.6 Å². The van der Waals surface area contributed by atoms with E-state index in [0.29, 0.717) is 29.0 Å². The van der Waals surface area contributed by atoms with E-state index in [4.69, 9.17) is 11.6 Å². The minimum atomic E-state index is -0.489. The highest BCUT2D eigenvalue weighted by molar-refractivity contribution is 8.00. The number of nitro benzene ring substituents is 1. The number of amides is 1. The molecule has 3 aromatic rings. The summed E-state index contributed by atoms with van der Waals surface area (Å²) in [5.41, 5.74) is 2.00. The summed E-state index contributed by atoms with van der Waals surface area (Å²) in [5, 5.41) is 26.4. The van der Waals surface area contributed by atoms with E-state index >= 15 is 0 Å². The summed E-state index contributed by atoms with van der Waals surface area (Å²) in [6, 6.07) is 11.8. The Balaban J connectivity index is 1.66. The van der Waals surface area contributed by atoms with E-state index in [1.165, 1.54) is 23.9 Å². The molecule has 168 valence electrons. The van der Waals surface area contributed by atoms with Gasteiger partial charge in [0.05, 0.1) is 22.4 Å². The second-order valence-corrected chi connectivity index (χ2v) is 8.75. The van der Waals surface area contributed by atoms with Gasteiger partial charge in [0.2, 0.25) is 5.91 Å². The lowest BCUT2D eigenvalue weighted by Gasteiger charge is -2.14. The van der Waals surface area contributed by atoms with E-state index in [1.54, 1.807) is 32.0 Å². The van der Waals surface area contributed by atoms with Gasteiger partial charge in [-0.15, -0.1) is 10.2 Å². The number of hydrogen-bond donors (Lipinski definition) is 2. The number of benzene rings is 2. The van der Waals surface area contributed by atoms with Crippen molar-refractivity contribution in [2.24, 2.45) is 0 Å². The van der Waals surface area contributed by atoms with Crippen molar-refractivity contribution in [3.63, 3.8) is 0 Å². The highest BCUT2D eigenvalue weighted by atomic mass is 35.5. The maximum atomic E-state index is 12.7. The van der Waals surface area contributed by atoms with Crippen LogP contribution in [-0.4, -0.2) is 30.8 Å². The van der Waals surface area contributed by atoms with Gasteiger partial charge in [-0.1, -0.05) is 29.4 Å². The minimum absolute atomic E-state index is 0.0743. The van der Waals surface area contributed by atoms with Gasteiger partial charge in [-0.05, 0) is 50.6 Å². The molecule has 1 aromatic heterocycles. The molecule has 0 spiro atoms. The van der Waals surface area contributed by atoms with Gasteiger partial charge < -0.3 is 15.2 Å². The maximum absolute atomic E-state index is 12.7. The molecule has 3 rings (SSSR count). The number of nitrogens with one attached hydrogen (secondary N) is 2. The number of nitrogens with zero attached hydrogens (tertiary/aromatic N) is 4. The van der Waals surface area contributed by atoms with Gasteiger partial charge >= 0.3 is 0 Å². The number of nitro groups is 1. The molecule has 11 heteroatoms. The van der Waals surface area contributed by atoms with E-state index in [2.05, 4.69) is 20.8 Å². The summed E-state index contributed by atoms with van der Waals surface area (Å²) in [7, 11) is 0. The molecule has 9 nitrogen and oxygen atoms in total. The number of hydrogen-bond acceptors (Lipinski definition) is 7. The third-order valence-electron chi connectivity index (χ3n) is 4.75. The fourth-order valence-corrected chi connectivity index (χ4v) is 3.97. The number of aromatic nitrogens is 3. The first kappa shape index (κ1) is 23.6. The molecule has 32 heavy (non-hydrogen) atoms. The molecule has 0 radical (unpaired) electrons. The third kappa shape index (κ3) is 5.77. The first-order valence-corrected chi connectivity index (χ1v) is 11.2. The molecule has 2 aromatic carbocycles. The molecule has 1 amide bonds. The largest absolute Gasteiger partial charge is 0.378 e. The number of carbonyl (C=O) groups is 1. The molecular formula is C21H23ClN6O3S. The van der Waals surface area contributed by atoms with Crippen LogP contribution in [0.3, 0.4) is 0 Å². The van der Waals surface area contributed by atoms with E-state index < -0.39 is 10.2 Å². The molecule has 0 aliphatic heterocycles. The lowest BCUT2D eigenvalue weighted by molar-refractivity contribution is -0.384. The van der Waals surface area contributed by atoms with Crippen molar-refractivity contribution in [3.05, 3.63) is 69.0 Å². The highest BCUT2D eigenvalue weighted by Crippen LogP contribution is 2.26. The van der Waals surface area contributed by atoms with Crippen molar-refractivity contribution in [1.29, 1.82) is 0 Å². The Hall–Kier alpha value is -3.11. The monoisotopic (exact) mass is 474 g/mol. The van der Waals surface area contributed by atoms with Crippen molar-refractivity contribution in [3.8, 4) is 0 Å². The van der Waals surface area contributed by atoms with E-state index in [9.17, 15) is 14.9 Å². The van der Waals surface area contributed by atoms with Crippen LogP contribution in [0.2, 0.25) is 5.02 Å². The predicted molar refractivity (Wildman–Crippen MR) is 126 cm³/mol. The summed E-state index contributed by atoms with van der Waals surface area (Å²) in [6.07, 6.45) is 0. The molecule has 0 aliphatic rings. The molecule has 0 saturated heterocycles. The van der Waals surface area contributed by atoms with Crippen LogP contribution in [0.5, 0.6) is 0 Å². The molecular weight excluding hydrogens is 452 g/mol. The Morgan fingerprint density at radius 2 is 1.97 bits per heavy atom. The molecule has 0 saturated carbocycles. The SMILES string of the molecule is CCn1c(CNc2ccc(Cl)cc2)nnc1S[C@H](C)C(=O)Nc1cc([N+](=O)[O-])ccc1C. The zero-order valence-corrected chi connectivity index (χ0v) is 19.4. The number of rotatable bonds is 9. The Morgan fingerprint density at radius 1 is 1.25 bits per heavy atom. The van der Waals surface area contributed by atoms with Crippen molar-refractivity contribution in [1.82, 2.24) is 14.8 Å². The standard InChI is InChI=1S/C21H23ClN6O3S/c1-4-27-19(12-23-16-8-6-15(22)7-9-16)25-26-21(27)32-14(3)20(29)24-18-11-17(28(30)31)10-5-13(18)2/h5-11,14,23H,4,12H2,1-3H3,(H,24,29)/t14-/m1/s1. The zero-order chi connectivity index (χ0) is 23.3. The van der Waals surface area contributed by atoms with Crippen LogP contribution in [0.4, 0.5) is 17.1 Å². The molecule has 0 unspecified atom stereocenters. The smallest absolute Gasteiger partial charge is 0.271 e. The van der Waals surface area contributed by atoms with E-state index in [1.807, 2.05) is 23.6 Å². The Morgan fingerprint density at radius 3 is 2.62 bits per heavy atom. The Bertz CT molecular complexity index is 1120. The van der Waals surface area contributed by atoms with Gasteiger partial charge in [0.1, 0.15) is 0 Å². The summed E-state index contributed by atoms with van der Waals surface area (Å²) in [6.45, 7) is 6.63. The fourth-order valence-electron chi connectivity index (χ4n) is 2.91. The first-order valence-electron chi connectivity index (χ1n) is 9.92. The lowest BCUT2D eigenvalue weighted by Crippen LogP contribution is -2.23. The Labute approximate surface area is 194 Å². The zero-order valence-electron chi connectivity index (χ0n) is 17.8. The second-order valence-electron chi connectivity index (χ2n) is 7.01. The van der Waals surface area contributed by atoms with Crippen LogP contribution in [0, 0.1) is 17.0 Å². The summed E-state index contributed by atoms with van der Waals surface area (Å²) >= 11 is 7.20. The van der Waals surface area contributed by atoms with E-state index in [-0.39, 0.29) is 11.6 Å². The molecule has 1 heterocycles. The maximum Gasteiger partial charge on any atom is 0.271 e. The van der Waals surface area contributed by atoms with Crippen molar-refractivity contribution in [2.75, 3.05) is 10.6 Å². The van der Waals surface area contributed by atoms with Gasteiger partial charge in [-0.3, -0.25) is 14.9 Å². The Kier molecular flexibility index (Phi) is 7.70. The quantitative estimate of drug-likeness (QED) is 0.257. The average molecular weight is 475 g/mol. The van der Waals surface area contributed by atoms with Crippen LogP contribution in [-0.2, 0) is 17.9 Å². The number of aryl methyl sites for hydroxylation is 1. The highest BCUT2D eigenvalue weighted by Gasteiger charge is 2.21. The number of thioether (sulfide) groups is 1. The van der Waals surface area contributed by atoms with Crippen LogP contribution >= 0.6 is 23.4 Å². The number of anilines is 2. The molecule has 0 bridgehead atoms. The summed E-state index contributed by atoms with van der Waals surface area (Å²) < 4.78 is 1.94. The predicted octanol–water partition coefficient (Wildman–Crippen LogP) is 4.90. The van der Waals surface area contributed by atoms with Gasteiger partial charge in [0, 0.05) is 29.4 Å². The van der Waals surface area contributed by atoms with Gasteiger partial charge in [0.15, 0.2) is 11.0 Å². The minimum Gasteiger partial charge on any atom is -0.378 e. The lowest BCUT2D eigenvalue weighted by atomic mass is 10.2. The molecule has 1 atom stereocenters. The normalized spacial score (nSPS) is 11.8. The third-order valence-corrected chi connectivity index (χ3v) is 6.08. The van der Waals surface area contributed by atoms with E-state index in [0.717, 1.165) is 17.1 Å². The molecule has 0 fully saturated rings. The van der Waals surface area contributed by atoms with Gasteiger partial charge in [-0.2, -0.15) is 0 Å². The van der Waals surface area contributed by atoms with Crippen LogP contribution in [0.25, 0.3) is 0 Å². The van der Waals surface area contributed by atoms with Crippen LogP contribution in [0.15, 0.2) is 47.6 Å². The summed E-state index contributed by atoms with van der Waals surface area (Å²) in [5.74, 6) is 0.470. The number of non-ortho nitro benzene ring substituents is 1. The number of carbonyl (C=O) groups excluding carboxylic acids is 1. The van der Waals surface area contributed by atoms with Gasteiger partial charge in [0.25, 0.3) is 5.69 Å². The van der Waals surface area contributed by atoms with Crippen molar-refractivity contribution in [2.45, 2.75) is 44.3 Å². The molecule has 2 N–H and O–H groups in total. The topological polar surface area (TPSA) is 115 Å². The first-order chi connectivity index (χ1) is 15.3. The summed E-state index contributed by atoms with van der Waals surface area (Å²) in [4.78, 5) is 23.2. The van der Waals surface area contributed by atoms with Gasteiger partial charge in [-0.25, -0.2) is 0 Å². The average Bonchev–Trinajstić information content (AvgIpc) is 3.15. The van der Waals surface area contributed by atoms with Crippen LogP contribution in [0.1, 0.15) is 25.2 Å². The van der Waals surface area contributed by atoms with Crippen molar-refractivity contribution < 1.29 is 9.72 Å². The van der Waals surface area contributed by atoms with Crippen molar-refractivity contribution >= 4 is 46.3 Å². The molecule has 0 aliphatic carbocycles. The number of halogens is 1.